The lowest BCUT2D eigenvalue weighted by Gasteiger charge is -2.22. The first-order valence-electron chi connectivity index (χ1n) is 10.3. The average molecular weight is 418 g/mol. The van der Waals surface area contributed by atoms with Crippen LogP contribution in [0.3, 0.4) is 0 Å². The van der Waals surface area contributed by atoms with Gasteiger partial charge in [-0.15, -0.1) is 0 Å². The van der Waals surface area contributed by atoms with Crippen molar-refractivity contribution in [3.05, 3.63) is 96.4 Å². The van der Waals surface area contributed by atoms with Gasteiger partial charge in [-0.3, -0.25) is 9.78 Å². The Morgan fingerprint density at radius 1 is 1.16 bits per heavy atom. The molecule has 1 amide bonds. The van der Waals surface area contributed by atoms with Gasteiger partial charge in [-0.1, -0.05) is 36.4 Å². The Bertz CT molecular complexity index is 1060. The lowest BCUT2D eigenvalue weighted by molar-refractivity contribution is 0.0753. The minimum Gasteiger partial charge on any atom is -0.486 e. The first-order valence-corrected chi connectivity index (χ1v) is 10.3. The summed E-state index contributed by atoms with van der Waals surface area (Å²) in [7, 11) is 1.94. The lowest BCUT2D eigenvalue weighted by Crippen LogP contribution is -2.33. The molecule has 3 aromatic rings. The highest BCUT2D eigenvalue weighted by Crippen LogP contribution is 2.28. The van der Waals surface area contributed by atoms with E-state index in [2.05, 4.69) is 11.9 Å². The first-order chi connectivity index (χ1) is 15.1. The van der Waals surface area contributed by atoms with Gasteiger partial charge in [-0.05, 0) is 31.0 Å². The fourth-order valence-electron chi connectivity index (χ4n) is 3.76. The third kappa shape index (κ3) is 4.53. The van der Waals surface area contributed by atoms with Crippen molar-refractivity contribution in [3.63, 3.8) is 0 Å². The second-order valence-corrected chi connectivity index (χ2v) is 7.60. The van der Waals surface area contributed by atoms with Gasteiger partial charge in [0, 0.05) is 50.7 Å². The van der Waals surface area contributed by atoms with Crippen molar-refractivity contribution in [1.82, 2.24) is 9.88 Å². The van der Waals surface area contributed by atoms with Crippen molar-refractivity contribution in [1.29, 1.82) is 0 Å². The second-order valence-electron chi connectivity index (χ2n) is 7.60. The third-order valence-corrected chi connectivity index (χ3v) is 5.53. The van der Waals surface area contributed by atoms with Crippen molar-refractivity contribution in [2.75, 3.05) is 25.0 Å². The molecule has 0 fully saturated rings. The quantitative estimate of drug-likeness (QED) is 0.584. The first kappa shape index (κ1) is 20.8. The highest BCUT2D eigenvalue weighted by molar-refractivity contribution is 6.00. The van der Waals surface area contributed by atoms with E-state index >= 15 is 0 Å². The average Bonchev–Trinajstić information content (AvgIpc) is 2.92. The van der Waals surface area contributed by atoms with E-state index in [0.29, 0.717) is 36.4 Å². The van der Waals surface area contributed by atoms with E-state index in [1.165, 1.54) is 6.07 Å². The lowest BCUT2D eigenvalue weighted by atomic mass is 10.1. The van der Waals surface area contributed by atoms with Gasteiger partial charge in [0.2, 0.25) is 0 Å². The fourth-order valence-corrected chi connectivity index (χ4v) is 3.76. The Morgan fingerprint density at radius 3 is 2.71 bits per heavy atom. The standard InChI is InChI=1S/C25H25FN3O2/c1-3-24(18-7-5-4-6-8-18)31-20-10-9-19(22(26)15-20)17-29-14-13-28(2)23-11-12-27-16-21(23)25(29)30/h4-12,15-16,24H,1,3,13-14,17H2,2H3/t24-/m0/s1. The van der Waals surface area contributed by atoms with E-state index in [1.807, 2.05) is 48.3 Å². The van der Waals surface area contributed by atoms with Crippen LogP contribution in [-0.4, -0.2) is 35.9 Å². The van der Waals surface area contributed by atoms with Gasteiger partial charge in [-0.25, -0.2) is 4.39 Å². The van der Waals surface area contributed by atoms with Crippen molar-refractivity contribution in [2.24, 2.45) is 0 Å². The summed E-state index contributed by atoms with van der Waals surface area (Å²) in [5, 5.41) is 0. The van der Waals surface area contributed by atoms with Crippen LogP contribution in [0.1, 0.15) is 34.0 Å². The van der Waals surface area contributed by atoms with Crippen molar-refractivity contribution < 1.29 is 13.9 Å². The van der Waals surface area contributed by atoms with Crippen LogP contribution in [0.4, 0.5) is 10.1 Å². The molecule has 0 bridgehead atoms. The van der Waals surface area contributed by atoms with Gasteiger partial charge in [-0.2, -0.15) is 0 Å². The number of carbonyl (C=O) groups is 1. The zero-order valence-corrected chi connectivity index (χ0v) is 17.5. The smallest absolute Gasteiger partial charge is 0.257 e. The molecule has 2 aromatic carbocycles. The number of anilines is 1. The third-order valence-electron chi connectivity index (χ3n) is 5.53. The molecule has 1 aliphatic heterocycles. The number of hydrogen-bond acceptors (Lipinski definition) is 4. The van der Waals surface area contributed by atoms with Crippen LogP contribution < -0.4 is 9.64 Å². The molecule has 0 spiro atoms. The molecule has 5 nitrogen and oxygen atoms in total. The molecule has 2 heterocycles. The number of pyridine rings is 1. The molecule has 1 aliphatic rings. The van der Waals surface area contributed by atoms with Gasteiger partial charge in [0.25, 0.3) is 5.91 Å². The van der Waals surface area contributed by atoms with Gasteiger partial charge in [0.15, 0.2) is 0 Å². The summed E-state index contributed by atoms with van der Waals surface area (Å²) in [5.41, 5.74) is 2.81. The van der Waals surface area contributed by atoms with E-state index in [1.54, 1.807) is 29.4 Å². The largest absolute Gasteiger partial charge is 0.486 e. The number of nitrogens with zero attached hydrogens (tertiary/aromatic N) is 3. The highest BCUT2D eigenvalue weighted by Gasteiger charge is 2.26. The predicted octanol–water partition coefficient (Wildman–Crippen LogP) is 4.66. The number of carbonyl (C=O) groups excluding carboxylic acids is 1. The Morgan fingerprint density at radius 2 is 1.97 bits per heavy atom. The number of amides is 1. The van der Waals surface area contributed by atoms with Crippen LogP contribution in [0.15, 0.2) is 67.0 Å². The van der Waals surface area contributed by atoms with Gasteiger partial charge in [0.1, 0.15) is 17.7 Å². The molecule has 0 saturated carbocycles. The second kappa shape index (κ2) is 9.16. The number of halogens is 1. The summed E-state index contributed by atoms with van der Waals surface area (Å²) in [4.78, 5) is 20.8. The summed E-state index contributed by atoms with van der Waals surface area (Å²) in [6, 6.07) is 16.4. The highest BCUT2D eigenvalue weighted by atomic mass is 19.1. The zero-order valence-electron chi connectivity index (χ0n) is 17.5. The molecule has 1 radical (unpaired) electrons. The number of ether oxygens (including phenoxy) is 1. The van der Waals surface area contributed by atoms with Gasteiger partial charge >= 0.3 is 0 Å². The topological polar surface area (TPSA) is 45.7 Å². The fraction of sp³-hybridized carbons (Fsp3) is 0.240. The molecule has 0 aliphatic carbocycles. The molecule has 1 atom stereocenters. The summed E-state index contributed by atoms with van der Waals surface area (Å²) in [6.45, 7) is 5.29. The summed E-state index contributed by atoms with van der Waals surface area (Å²) >= 11 is 0. The Labute approximate surface area is 182 Å². The monoisotopic (exact) mass is 418 g/mol. The molecule has 6 heteroatoms. The summed E-state index contributed by atoms with van der Waals surface area (Å²) in [6.07, 6.45) is 3.52. The van der Waals surface area contributed by atoms with Gasteiger partial charge in [0.05, 0.1) is 11.3 Å². The Hall–Kier alpha value is -3.41. The molecule has 0 saturated heterocycles. The molecule has 31 heavy (non-hydrogen) atoms. The van der Waals surface area contributed by atoms with Crippen LogP contribution >= 0.6 is 0 Å². The predicted molar refractivity (Wildman–Crippen MR) is 118 cm³/mol. The number of fused-ring (bicyclic) bond motifs is 1. The van der Waals surface area contributed by atoms with Crippen molar-refractivity contribution >= 4 is 11.6 Å². The Kier molecular flexibility index (Phi) is 6.16. The molecule has 159 valence electrons. The molecule has 0 N–H and O–H groups in total. The number of likely N-dealkylation sites (N-methyl/N-ethyl adjacent to an activating group) is 1. The maximum absolute atomic E-state index is 14.9. The molecule has 0 unspecified atom stereocenters. The number of aromatic nitrogens is 1. The molecule has 4 rings (SSSR count). The SMILES string of the molecule is [CH2]C[C@H](Oc1ccc(CN2CCN(C)c3ccncc3C2=O)c(F)c1)c1ccccc1. The van der Waals surface area contributed by atoms with Crippen molar-refractivity contribution in [3.8, 4) is 5.75 Å². The van der Waals surface area contributed by atoms with E-state index in [4.69, 9.17) is 4.74 Å². The summed E-state index contributed by atoms with van der Waals surface area (Å²) in [5.74, 6) is -0.103. The minimum atomic E-state index is -0.398. The maximum Gasteiger partial charge on any atom is 0.257 e. The van der Waals surface area contributed by atoms with Crippen molar-refractivity contribution in [2.45, 2.75) is 19.1 Å². The van der Waals surface area contributed by atoms with E-state index in [0.717, 1.165) is 11.3 Å². The number of hydrogen-bond donors (Lipinski definition) is 0. The number of rotatable bonds is 6. The molecule has 1 aromatic heterocycles. The van der Waals surface area contributed by atoms with Crippen LogP contribution in [0.5, 0.6) is 5.75 Å². The van der Waals surface area contributed by atoms with E-state index in [9.17, 15) is 9.18 Å². The normalized spacial score (nSPS) is 14.7. The maximum atomic E-state index is 14.9. The minimum absolute atomic E-state index is 0.145. The van der Waals surface area contributed by atoms with Gasteiger partial charge < -0.3 is 14.5 Å². The number of benzene rings is 2. The van der Waals surface area contributed by atoms with E-state index in [-0.39, 0.29) is 18.6 Å². The van der Waals surface area contributed by atoms with Crippen LogP contribution in [0, 0.1) is 12.7 Å². The van der Waals surface area contributed by atoms with E-state index < -0.39 is 5.82 Å². The zero-order chi connectivity index (χ0) is 21.8. The summed E-state index contributed by atoms with van der Waals surface area (Å²) < 4.78 is 20.9. The van der Waals surface area contributed by atoms with Crippen LogP contribution in [0.2, 0.25) is 0 Å². The van der Waals surface area contributed by atoms with Crippen LogP contribution in [-0.2, 0) is 6.54 Å². The molecular weight excluding hydrogens is 393 g/mol. The van der Waals surface area contributed by atoms with Crippen LogP contribution in [0.25, 0.3) is 0 Å². The Balaban J connectivity index is 1.50. The molecular formula is C25H25FN3O2.